The van der Waals surface area contributed by atoms with Crippen LogP contribution < -0.4 is 14.8 Å². The van der Waals surface area contributed by atoms with Gasteiger partial charge in [-0.1, -0.05) is 35.3 Å². The molecule has 0 radical (unpaired) electrons. The molecule has 3 rings (SSSR count). The number of benzene rings is 2. The molecule has 0 bridgehead atoms. The van der Waals surface area contributed by atoms with E-state index < -0.39 is 20.0 Å². The lowest BCUT2D eigenvalue weighted by molar-refractivity contribution is -0.139. The minimum Gasteiger partial charge on any atom is -0.469 e. The van der Waals surface area contributed by atoms with Crippen molar-refractivity contribution in [2.45, 2.75) is 12.8 Å². The van der Waals surface area contributed by atoms with Gasteiger partial charge in [-0.2, -0.15) is 0 Å². The Hall–Kier alpha value is -2.54. The molecule has 0 spiro atoms. The molecule has 2 aromatic rings. The summed E-state index contributed by atoms with van der Waals surface area (Å²) in [6.07, 6.45) is 2.90. The van der Waals surface area contributed by atoms with E-state index in [9.17, 15) is 21.6 Å². The smallest absolute Gasteiger partial charge is 0.309 e. The quantitative estimate of drug-likeness (QED) is 0.418. The van der Waals surface area contributed by atoms with E-state index in [0.29, 0.717) is 22.7 Å². The molecule has 0 atom stereocenters. The fourth-order valence-electron chi connectivity index (χ4n) is 2.90. The van der Waals surface area contributed by atoms with Crippen molar-refractivity contribution < 1.29 is 26.4 Å². The molecule has 0 amide bonds. The number of rotatable bonds is 8. The number of carbonyl (C=O) groups is 1. The van der Waals surface area contributed by atoms with Crippen molar-refractivity contribution in [3.05, 3.63) is 57.6 Å². The summed E-state index contributed by atoms with van der Waals surface area (Å²) < 4.78 is 53.4. The van der Waals surface area contributed by atoms with Gasteiger partial charge < -0.3 is 10.1 Å². The number of nitrogens with zero attached hydrogens (tertiary/aromatic N) is 1. The topological polar surface area (TPSA) is 143 Å². The Bertz CT molecular complexity index is 1320. The van der Waals surface area contributed by atoms with Crippen LogP contribution in [0.2, 0.25) is 10.0 Å². The van der Waals surface area contributed by atoms with Gasteiger partial charge in [-0.15, -0.1) is 0 Å². The van der Waals surface area contributed by atoms with E-state index in [2.05, 4.69) is 24.5 Å². The molecule has 1 aliphatic heterocycles. The zero-order valence-corrected chi connectivity index (χ0v) is 22.4. The van der Waals surface area contributed by atoms with Crippen molar-refractivity contribution in [3.63, 3.8) is 0 Å². The van der Waals surface area contributed by atoms with Gasteiger partial charge in [-0.05, 0) is 35.4 Å². The minimum absolute atomic E-state index is 0.0926. The third-order valence-corrected chi connectivity index (χ3v) is 6.16. The van der Waals surface area contributed by atoms with E-state index in [1.165, 1.54) is 19.2 Å². The summed E-state index contributed by atoms with van der Waals surface area (Å²) in [7, 11) is -5.38. The molecule has 35 heavy (non-hydrogen) atoms. The normalized spacial score (nSPS) is 13.1. The number of sulfonamides is 2. The summed E-state index contributed by atoms with van der Waals surface area (Å²) in [5.41, 5.74) is 2.32. The second kappa shape index (κ2) is 12.4. The number of anilines is 2. The number of esters is 1. The van der Waals surface area contributed by atoms with Crippen LogP contribution in [0.3, 0.4) is 0 Å². The molecule has 1 heterocycles. The molecular weight excluding hydrogens is 539 g/mol. The highest BCUT2D eigenvalue weighted by Gasteiger charge is 2.11. The highest BCUT2D eigenvalue weighted by molar-refractivity contribution is 7.92. The van der Waals surface area contributed by atoms with Crippen molar-refractivity contribution >= 4 is 66.4 Å². The summed E-state index contributed by atoms with van der Waals surface area (Å²) in [5.74, 6) is 0.555. The van der Waals surface area contributed by atoms with Crippen molar-refractivity contribution in [2.75, 3.05) is 42.2 Å². The summed E-state index contributed by atoms with van der Waals surface area (Å²) >= 11 is 11.9. The van der Waals surface area contributed by atoms with Gasteiger partial charge in [-0.3, -0.25) is 19.2 Å². The first kappa shape index (κ1) is 28.7. The fourth-order valence-corrected chi connectivity index (χ4v) is 4.67. The second-order valence-corrected chi connectivity index (χ2v) is 11.9. The monoisotopic (exact) mass is 564 g/mol. The van der Waals surface area contributed by atoms with Gasteiger partial charge in [0.15, 0.2) is 0 Å². The number of methoxy groups -OCH3 is 1. The number of aliphatic imine (C=N–C) groups is 1. The highest BCUT2D eigenvalue weighted by Crippen LogP contribution is 2.25. The summed E-state index contributed by atoms with van der Waals surface area (Å²) in [4.78, 5) is 15.3. The first-order valence-electron chi connectivity index (χ1n) is 10.1. The predicted octanol–water partition coefficient (Wildman–Crippen LogP) is 2.68. The number of hydrogen-bond acceptors (Lipinski definition) is 8. The Balaban J connectivity index is 0.000000247. The van der Waals surface area contributed by atoms with Gasteiger partial charge in [0.25, 0.3) is 0 Å². The number of carbonyl (C=O) groups excluding carboxylic acids is 1. The van der Waals surface area contributed by atoms with E-state index >= 15 is 0 Å². The molecule has 0 aromatic heterocycles. The van der Waals surface area contributed by atoms with Crippen LogP contribution in [0.25, 0.3) is 0 Å². The maximum Gasteiger partial charge on any atom is 0.309 e. The third-order valence-electron chi connectivity index (χ3n) is 4.35. The van der Waals surface area contributed by atoms with E-state index in [-0.39, 0.29) is 23.1 Å². The highest BCUT2D eigenvalue weighted by atomic mass is 35.5. The van der Waals surface area contributed by atoms with Crippen LogP contribution in [0, 0.1) is 0 Å². The third kappa shape index (κ3) is 10.7. The predicted molar refractivity (Wildman–Crippen MR) is 140 cm³/mol. The number of halogens is 2. The fraction of sp³-hybridized carbons (Fsp3) is 0.333. The molecule has 1 aliphatic rings. The van der Waals surface area contributed by atoms with Gasteiger partial charge in [0.05, 0.1) is 54.0 Å². The van der Waals surface area contributed by atoms with Crippen molar-refractivity contribution in [3.8, 4) is 0 Å². The number of hydrogen-bond donors (Lipinski definition) is 3. The van der Waals surface area contributed by atoms with Gasteiger partial charge in [0, 0.05) is 13.0 Å². The van der Waals surface area contributed by atoms with Crippen LogP contribution in [0.4, 0.5) is 11.4 Å². The Kier molecular flexibility index (Phi) is 10.2. The Labute approximate surface area is 215 Å². The minimum atomic E-state index is -3.37. The molecule has 3 N–H and O–H groups in total. The van der Waals surface area contributed by atoms with Crippen LogP contribution >= 0.6 is 23.2 Å². The van der Waals surface area contributed by atoms with Crippen LogP contribution in [0.15, 0.2) is 41.4 Å². The van der Waals surface area contributed by atoms with E-state index in [0.717, 1.165) is 37.0 Å². The zero-order valence-electron chi connectivity index (χ0n) is 19.3. The van der Waals surface area contributed by atoms with Crippen LogP contribution in [0.5, 0.6) is 0 Å². The Morgan fingerprint density at radius 1 is 0.971 bits per heavy atom. The van der Waals surface area contributed by atoms with Gasteiger partial charge in [0.2, 0.25) is 20.0 Å². The molecule has 0 saturated carbocycles. The van der Waals surface area contributed by atoms with Crippen molar-refractivity contribution in [1.82, 2.24) is 5.32 Å². The first-order valence-corrected chi connectivity index (χ1v) is 14.7. The molecule has 0 saturated heterocycles. The molecular formula is C21H26Cl2N4O6S2. The first-order chi connectivity index (χ1) is 16.3. The summed E-state index contributed by atoms with van der Waals surface area (Å²) in [6.45, 7) is 1.67. The van der Waals surface area contributed by atoms with Gasteiger partial charge in [0.1, 0.15) is 5.84 Å². The number of nitrogens with one attached hydrogen (secondary N) is 3. The molecule has 192 valence electrons. The van der Waals surface area contributed by atoms with Gasteiger partial charge in [-0.25, -0.2) is 16.8 Å². The zero-order chi connectivity index (χ0) is 26.2. The van der Waals surface area contributed by atoms with E-state index in [1.54, 1.807) is 18.2 Å². The molecule has 0 fully saturated rings. The average molecular weight is 566 g/mol. The summed E-state index contributed by atoms with van der Waals surface area (Å²) in [5, 5.41) is 3.79. The van der Waals surface area contributed by atoms with Gasteiger partial charge >= 0.3 is 5.97 Å². The lowest BCUT2D eigenvalue weighted by Crippen LogP contribution is -2.20. The molecule has 14 heteroatoms. The van der Waals surface area contributed by atoms with E-state index in [4.69, 9.17) is 23.2 Å². The van der Waals surface area contributed by atoms with Crippen molar-refractivity contribution in [2.24, 2.45) is 4.99 Å². The lowest BCUT2D eigenvalue weighted by atomic mass is 10.1. The maximum atomic E-state index is 11.1. The Morgan fingerprint density at radius 3 is 1.91 bits per heavy atom. The number of ether oxygens (including phenoxy) is 1. The average Bonchev–Trinajstić information content (AvgIpc) is 3.24. The number of amidine groups is 1. The molecule has 0 unspecified atom stereocenters. The van der Waals surface area contributed by atoms with Crippen LogP contribution in [0.1, 0.15) is 11.1 Å². The second-order valence-electron chi connectivity index (χ2n) is 7.56. The maximum absolute atomic E-state index is 11.1. The summed E-state index contributed by atoms with van der Waals surface area (Å²) in [6, 6.07) is 9.87. The van der Waals surface area contributed by atoms with Crippen LogP contribution in [-0.2, 0) is 42.4 Å². The Morgan fingerprint density at radius 2 is 1.49 bits per heavy atom. The molecule has 0 aliphatic carbocycles. The van der Waals surface area contributed by atoms with E-state index in [1.807, 2.05) is 6.07 Å². The standard InChI is InChI=1S/C11H14ClN3O2S.C10H12ClNO4S/c1-18(16,17)15-10-3-2-8(6-9(10)12)7-11-13-4-5-14-11;1-16-10(13)6-7-3-4-9(8(11)5-7)12-17(2,14)15/h2-3,6,15H,4-5,7H2,1H3,(H,13,14);3-5,12H,6H2,1-2H3. The lowest BCUT2D eigenvalue weighted by Gasteiger charge is -2.08. The largest absolute Gasteiger partial charge is 0.469 e. The molecule has 2 aromatic carbocycles. The SMILES string of the molecule is COC(=O)Cc1ccc(NS(C)(=O)=O)c(Cl)c1.CS(=O)(=O)Nc1ccc(CC2=NCCN2)cc1Cl. The van der Waals surface area contributed by atoms with Crippen molar-refractivity contribution in [1.29, 1.82) is 0 Å². The molecule has 10 nitrogen and oxygen atoms in total. The van der Waals surface area contributed by atoms with Crippen LogP contribution in [-0.4, -0.2) is 61.4 Å².